The van der Waals surface area contributed by atoms with Crippen LogP contribution in [0.25, 0.3) is 0 Å². The van der Waals surface area contributed by atoms with E-state index < -0.39 is 6.10 Å². The summed E-state index contributed by atoms with van der Waals surface area (Å²) in [6.07, 6.45) is -0.638. The van der Waals surface area contributed by atoms with E-state index in [4.69, 9.17) is 11.0 Å². The predicted molar refractivity (Wildman–Crippen MR) is 45.1 cm³/mol. The van der Waals surface area contributed by atoms with Crippen molar-refractivity contribution in [3.8, 4) is 17.2 Å². The summed E-state index contributed by atoms with van der Waals surface area (Å²) in [6.45, 7) is 1.56. The van der Waals surface area contributed by atoms with Gasteiger partial charge in [-0.15, -0.1) is 0 Å². The van der Waals surface area contributed by atoms with E-state index in [1.807, 2.05) is 0 Å². The highest BCUT2D eigenvalue weighted by molar-refractivity contribution is 5.49. The SMILES string of the molecule is CC(ON)c1c(O)cc(O)cc1O. The number of hydrogen-bond acceptors (Lipinski definition) is 5. The normalized spacial score (nSPS) is 12.8. The van der Waals surface area contributed by atoms with Gasteiger partial charge in [0.05, 0.1) is 5.56 Å². The molecule has 0 saturated heterocycles. The first-order chi connectivity index (χ1) is 6.06. The fourth-order valence-electron chi connectivity index (χ4n) is 1.09. The topological polar surface area (TPSA) is 95.9 Å². The monoisotopic (exact) mass is 185 g/mol. The van der Waals surface area contributed by atoms with Crippen molar-refractivity contribution < 1.29 is 20.2 Å². The first-order valence-electron chi connectivity index (χ1n) is 3.66. The molecule has 13 heavy (non-hydrogen) atoms. The largest absolute Gasteiger partial charge is 0.508 e. The minimum Gasteiger partial charge on any atom is -0.508 e. The second-order valence-corrected chi connectivity index (χ2v) is 2.68. The van der Waals surface area contributed by atoms with Crippen LogP contribution in [0, 0.1) is 0 Å². The summed E-state index contributed by atoms with van der Waals surface area (Å²) in [7, 11) is 0. The molecular weight excluding hydrogens is 174 g/mol. The molecule has 1 atom stereocenters. The van der Waals surface area contributed by atoms with Crippen molar-refractivity contribution >= 4 is 0 Å². The van der Waals surface area contributed by atoms with Gasteiger partial charge in [0.15, 0.2) is 0 Å². The lowest BCUT2D eigenvalue weighted by molar-refractivity contribution is 0.0628. The first-order valence-corrected chi connectivity index (χ1v) is 3.66. The number of nitrogens with two attached hydrogens (primary N) is 1. The third kappa shape index (κ3) is 1.82. The van der Waals surface area contributed by atoms with Crippen LogP contribution < -0.4 is 5.90 Å². The molecule has 1 rings (SSSR count). The lowest BCUT2D eigenvalue weighted by Gasteiger charge is -2.12. The van der Waals surface area contributed by atoms with E-state index >= 15 is 0 Å². The second-order valence-electron chi connectivity index (χ2n) is 2.68. The number of phenolic OH excluding ortho intramolecular Hbond substituents is 3. The molecule has 5 nitrogen and oxygen atoms in total. The Kier molecular flexibility index (Phi) is 2.60. The number of rotatable bonds is 2. The molecule has 0 amide bonds. The Balaban J connectivity index is 3.20. The van der Waals surface area contributed by atoms with Gasteiger partial charge < -0.3 is 15.3 Å². The Morgan fingerprint density at radius 1 is 1.23 bits per heavy atom. The molecule has 0 heterocycles. The first kappa shape index (κ1) is 9.63. The van der Waals surface area contributed by atoms with E-state index in [0.29, 0.717) is 0 Å². The molecule has 0 aliphatic heterocycles. The molecule has 0 saturated carbocycles. The van der Waals surface area contributed by atoms with Crippen molar-refractivity contribution in [3.05, 3.63) is 17.7 Å². The highest BCUT2D eigenvalue weighted by Gasteiger charge is 2.16. The second kappa shape index (κ2) is 3.51. The van der Waals surface area contributed by atoms with E-state index in [-0.39, 0.29) is 22.8 Å². The maximum absolute atomic E-state index is 9.32. The number of aromatic hydroxyl groups is 3. The summed E-state index contributed by atoms with van der Waals surface area (Å²) in [6, 6.07) is 2.20. The van der Waals surface area contributed by atoms with E-state index in [0.717, 1.165) is 12.1 Å². The van der Waals surface area contributed by atoms with Crippen molar-refractivity contribution in [2.75, 3.05) is 0 Å². The van der Waals surface area contributed by atoms with Gasteiger partial charge in [-0.05, 0) is 6.92 Å². The quantitative estimate of drug-likeness (QED) is 0.510. The van der Waals surface area contributed by atoms with Gasteiger partial charge in [-0.25, -0.2) is 5.90 Å². The highest BCUT2D eigenvalue weighted by atomic mass is 16.6. The minimum atomic E-state index is -0.638. The Hall–Kier alpha value is -1.46. The fourth-order valence-corrected chi connectivity index (χ4v) is 1.09. The molecule has 1 unspecified atom stereocenters. The Bertz CT molecular complexity index is 290. The third-order valence-electron chi connectivity index (χ3n) is 1.73. The lowest BCUT2D eigenvalue weighted by Crippen LogP contribution is -2.05. The maximum atomic E-state index is 9.32. The number of benzene rings is 1. The van der Waals surface area contributed by atoms with E-state index in [2.05, 4.69) is 4.84 Å². The summed E-state index contributed by atoms with van der Waals surface area (Å²) in [4.78, 5) is 4.44. The van der Waals surface area contributed by atoms with Crippen molar-refractivity contribution in [1.29, 1.82) is 0 Å². The smallest absolute Gasteiger partial charge is 0.128 e. The summed E-state index contributed by atoms with van der Waals surface area (Å²) >= 11 is 0. The third-order valence-corrected chi connectivity index (χ3v) is 1.73. The van der Waals surface area contributed by atoms with Crippen molar-refractivity contribution in [3.63, 3.8) is 0 Å². The van der Waals surface area contributed by atoms with E-state index in [1.165, 1.54) is 0 Å². The molecule has 5 heteroatoms. The van der Waals surface area contributed by atoms with Gasteiger partial charge >= 0.3 is 0 Å². The molecule has 5 N–H and O–H groups in total. The van der Waals surface area contributed by atoms with Crippen LogP contribution in [0.15, 0.2) is 12.1 Å². The molecule has 0 fully saturated rings. The zero-order chi connectivity index (χ0) is 10.0. The van der Waals surface area contributed by atoms with E-state index in [9.17, 15) is 10.2 Å². The molecule has 72 valence electrons. The van der Waals surface area contributed by atoms with Crippen LogP contribution in [0.2, 0.25) is 0 Å². The van der Waals surface area contributed by atoms with Gasteiger partial charge in [0.25, 0.3) is 0 Å². The molecule has 0 spiro atoms. The fraction of sp³-hybridized carbons (Fsp3) is 0.250. The minimum absolute atomic E-state index is 0.153. The predicted octanol–water partition coefficient (Wildman–Crippen LogP) is 0.755. The van der Waals surface area contributed by atoms with Crippen LogP contribution >= 0.6 is 0 Å². The summed E-state index contributed by atoms with van der Waals surface area (Å²) in [5.74, 6) is 4.17. The average molecular weight is 185 g/mol. The van der Waals surface area contributed by atoms with Crippen molar-refractivity contribution in [1.82, 2.24) is 0 Å². The number of phenols is 3. The van der Waals surface area contributed by atoms with Gasteiger partial charge in [-0.2, -0.15) is 0 Å². The molecule has 0 bridgehead atoms. The van der Waals surface area contributed by atoms with Gasteiger partial charge in [0, 0.05) is 12.1 Å². The van der Waals surface area contributed by atoms with Crippen molar-refractivity contribution in [2.45, 2.75) is 13.0 Å². The van der Waals surface area contributed by atoms with Crippen LogP contribution in [0.4, 0.5) is 0 Å². The van der Waals surface area contributed by atoms with E-state index in [1.54, 1.807) is 6.92 Å². The Morgan fingerprint density at radius 3 is 2.08 bits per heavy atom. The lowest BCUT2D eigenvalue weighted by atomic mass is 10.1. The maximum Gasteiger partial charge on any atom is 0.128 e. The Labute approximate surface area is 75.0 Å². The molecule has 0 aliphatic rings. The highest BCUT2D eigenvalue weighted by Crippen LogP contribution is 2.36. The van der Waals surface area contributed by atoms with Crippen LogP contribution in [-0.2, 0) is 4.84 Å². The average Bonchev–Trinajstić information content (AvgIpc) is 2.02. The van der Waals surface area contributed by atoms with Crippen LogP contribution in [0.3, 0.4) is 0 Å². The zero-order valence-electron chi connectivity index (χ0n) is 7.06. The zero-order valence-corrected chi connectivity index (χ0v) is 7.06. The molecule has 0 radical (unpaired) electrons. The van der Waals surface area contributed by atoms with Gasteiger partial charge in [-0.1, -0.05) is 0 Å². The molecule has 1 aromatic rings. The van der Waals surface area contributed by atoms with Crippen LogP contribution in [0.1, 0.15) is 18.6 Å². The standard InChI is InChI=1S/C8H11NO4/c1-4(13-9)8-6(11)2-5(10)3-7(8)12/h2-4,10-12H,9H2,1H3. The molecule has 1 aromatic carbocycles. The summed E-state index contributed by atoms with van der Waals surface area (Å²) < 4.78 is 0. The van der Waals surface area contributed by atoms with Crippen LogP contribution in [0.5, 0.6) is 17.2 Å². The molecule has 0 aliphatic carbocycles. The van der Waals surface area contributed by atoms with Crippen molar-refractivity contribution in [2.24, 2.45) is 5.90 Å². The summed E-state index contributed by atoms with van der Waals surface area (Å²) in [5.41, 5.74) is 0.153. The van der Waals surface area contributed by atoms with Crippen LogP contribution in [-0.4, -0.2) is 15.3 Å². The van der Waals surface area contributed by atoms with Gasteiger partial charge in [0.1, 0.15) is 23.4 Å². The Morgan fingerprint density at radius 2 is 1.69 bits per heavy atom. The number of hydrogen-bond donors (Lipinski definition) is 4. The van der Waals surface area contributed by atoms with Gasteiger partial charge in [-0.3, -0.25) is 4.84 Å². The molecule has 0 aromatic heterocycles. The molecular formula is C8H11NO4. The van der Waals surface area contributed by atoms with Gasteiger partial charge in [0.2, 0.25) is 0 Å². The summed E-state index contributed by atoms with van der Waals surface area (Å²) in [5, 5.41) is 27.6.